The lowest BCUT2D eigenvalue weighted by Crippen LogP contribution is -2.62. The molecule has 0 fully saturated rings. The molecule has 2 aliphatic heterocycles. The molecule has 6 heteroatoms. The summed E-state index contributed by atoms with van der Waals surface area (Å²) in [6.45, 7) is 0.0885. The minimum Gasteiger partial charge on any atom is -0.312 e. The van der Waals surface area contributed by atoms with Crippen molar-refractivity contribution in [2.45, 2.75) is 18.3 Å². The first-order valence-electron chi connectivity index (χ1n) is 20.3. The molecule has 2 aliphatic carbocycles. The van der Waals surface area contributed by atoms with Crippen molar-refractivity contribution in [3.8, 4) is 45.0 Å². The molecule has 2 unspecified atom stereocenters. The minimum absolute atomic E-state index is 0.0336. The van der Waals surface area contributed by atoms with E-state index in [0.717, 1.165) is 34.5 Å². The lowest BCUT2D eigenvalue weighted by atomic mass is 9.28. The molecule has 0 bridgehead atoms. The minimum atomic E-state index is 0.0336. The van der Waals surface area contributed by atoms with Gasteiger partial charge in [0.15, 0.2) is 5.82 Å². The highest BCUT2D eigenvalue weighted by atomic mass is 15.0. The molecule has 0 amide bonds. The van der Waals surface area contributed by atoms with Gasteiger partial charge in [0.1, 0.15) is 0 Å². The fraction of sp³-hybridized carbons (Fsp3) is 0.0577. The molecule has 6 heterocycles. The predicted molar refractivity (Wildman–Crippen MR) is 234 cm³/mol. The van der Waals surface area contributed by atoms with E-state index in [2.05, 4.69) is 155 Å². The summed E-state index contributed by atoms with van der Waals surface area (Å²) in [4.78, 5) is 14.9. The lowest BCUT2D eigenvalue weighted by molar-refractivity contribution is 0.759. The number of para-hydroxylation sites is 3. The van der Waals surface area contributed by atoms with Gasteiger partial charge >= 0.3 is 0 Å². The normalized spacial score (nSPS) is 16.2. The third-order valence-corrected chi connectivity index (χ3v) is 13.6. The average Bonchev–Trinajstić information content (AvgIpc) is 3.93. The smallest absolute Gasteiger partial charge is 0.242 e. The molecule has 2 atom stereocenters. The molecule has 58 heavy (non-hydrogen) atoms. The average molecular weight is 738 g/mol. The number of fused-ring (bicyclic) bond motifs is 13. The summed E-state index contributed by atoms with van der Waals surface area (Å²) in [6, 6.07) is 56.0. The van der Waals surface area contributed by atoms with Crippen molar-refractivity contribution in [3.63, 3.8) is 0 Å². The fourth-order valence-electron chi connectivity index (χ4n) is 11.6. The van der Waals surface area contributed by atoms with Gasteiger partial charge in [0.05, 0.1) is 16.6 Å². The molecule has 5 nitrogen and oxygen atoms in total. The summed E-state index contributed by atoms with van der Waals surface area (Å²) >= 11 is 0. The molecular weight excluding hydrogens is 705 g/mol. The number of hydrogen-bond donors (Lipinski definition) is 0. The monoisotopic (exact) mass is 737 g/mol. The van der Waals surface area contributed by atoms with E-state index in [1.54, 1.807) is 0 Å². The molecule has 268 valence electrons. The maximum Gasteiger partial charge on any atom is 0.242 e. The summed E-state index contributed by atoms with van der Waals surface area (Å²) < 4.78 is 5.02. The fourth-order valence-corrected chi connectivity index (χ4v) is 11.6. The Hall–Kier alpha value is -7.31. The standard InChI is InChI=1S/C52H32BN5/c1-3-13-31(14-4-1)57-42-23-11-24-54-50(42)47-34-18-9-20-39-44(34)36(29-43(47)57)37-27-30(52-55-25-12-26-56-52)28-38-48-46-35(19-10-21-40(46)53(39)49(37)38)45-33-17-7-8-22-41(33)58(51(45)48)32-15-5-2-6-16-32/h1-28,36,48H,29H2. The van der Waals surface area contributed by atoms with E-state index >= 15 is 0 Å². The Bertz CT molecular complexity index is 3380. The summed E-state index contributed by atoms with van der Waals surface area (Å²) in [5, 5.41) is 1.30. The second kappa shape index (κ2) is 11.2. The van der Waals surface area contributed by atoms with E-state index < -0.39 is 0 Å². The Morgan fingerprint density at radius 1 is 0.534 bits per heavy atom. The van der Waals surface area contributed by atoms with Gasteiger partial charge < -0.3 is 9.13 Å². The molecule has 0 spiro atoms. The maximum absolute atomic E-state index is 5.10. The number of benzene rings is 6. The van der Waals surface area contributed by atoms with E-state index in [9.17, 15) is 0 Å². The summed E-state index contributed by atoms with van der Waals surface area (Å²) in [5.74, 6) is 0.924. The highest BCUT2D eigenvalue weighted by Gasteiger charge is 2.50. The zero-order valence-corrected chi connectivity index (χ0v) is 31.3. The van der Waals surface area contributed by atoms with E-state index in [1.807, 2.05) is 24.7 Å². The molecule has 0 N–H and O–H groups in total. The van der Waals surface area contributed by atoms with Gasteiger partial charge in [-0.2, -0.15) is 0 Å². The number of rotatable bonds is 3. The molecule has 6 aromatic carbocycles. The van der Waals surface area contributed by atoms with Gasteiger partial charge in [-0.25, -0.2) is 9.97 Å². The van der Waals surface area contributed by atoms with Gasteiger partial charge in [-0.05, 0) is 100 Å². The van der Waals surface area contributed by atoms with Crippen molar-refractivity contribution >= 4 is 45.0 Å². The second-order valence-electron chi connectivity index (χ2n) is 16.2. The number of nitrogens with zero attached hydrogens (tertiary/aromatic N) is 5. The van der Waals surface area contributed by atoms with Crippen LogP contribution < -0.4 is 16.4 Å². The van der Waals surface area contributed by atoms with Gasteiger partial charge in [-0.3, -0.25) is 4.98 Å². The van der Waals surface area contributed by atoms with Crippen LogP contribution in [-0.2, 0) is 6.42 Å². The van der Waals surface area contributed by atoms with Crippen LogP contribution in [0.4, 0.5) is 0 Å². The van der Waals surface area contributed by atoms with Crippen molar-refractivity contribution in [3.05, 3.63) is 204 Å². The van der Waals surface area contributed by atoms with Crippen LogP contribution in [0.1, 0.15) is 45.5 Å². The molecule has 14 rings (SSSR count). The lowest BCUT2D eigenvalue weighted by Gasteiger charge is -2.42. The van der Waals surface area contributed by atoms with Crippen molar-refractivity contribution < 1.29 is 0 Å². The number of pyridine rings is 1. The summed E-state index contributed by atoms with van der Waals surface area (Å²) in [5.41, 5.74) is 24.7. The molecule has 0 radical (unpaired) electrons. The van der Waals surface area contributed by atoms with E-state index in [1.165, 1.54) is 88.9 Å². The Balaban J connectivity index is 1.12. The first-order valence-corrected chi connectivity index (χ1v) is 20.3. The zero-order chi connectivity index (χ0) is 37.6. The molecule has 4 aliphatic rings. The topological polar surface area (TPSA) is 48.5 Å². The number of aromatic nitrogens is 5. The van der Waals surface area contributed by atoms with Crippen LogP contribution in [0.5, 0.6) is 0 Å². The van der Waals surface area contributed by atoms with Crippen molar-refractivity contribution in [1.82, 2.24) is 24.1 Å². The van der Waals surface area contributed by atoms with Crippen LogP contribution >= 0.6 is 0 Å². The number of hydrogen-bond acceptors (Lipinski definition) is 3. The van der Waals surface area contributed by atoms with E-state index in [-0.39, 0.29) is 18.5 Å². The molecule has 0 saturated heterocycles. The van der Waals surface area contributed by atoms with Gasteiger partial charge in [-0.15, -0.1) is 0 Å². The van der Waals surface area contributed by atoms with Crippen molar-refractivity contribution in [2.24, 2.45) is 0 Å². The van der Waals surface area contributed by atoms with Crippen LogP contribution in [0.25, 0.3) is 67.0 Å². The van der Waals surface area contributed by atoms with E-state index in [0.29, 0.717) is 0 Å². The highest BCUT2D eigenvalue weighted by Crippen LogP contribution is 2.56. The van der Waals surface area contributed by atoms with Crippen LogP contribution in [0.2, 0.25) is 0 Å². The van der Waals surface area contributed by atoms with Gasteiger partial charge in [-0.1, -0.05) is 107 Å². The first-order chi connectivity index (χ1) is 28.8. The van der Waals surface area contributed by atoms with Crippen LogP contribution in [0.3, 0.4) is 0 Å². The predicted octanol–water partition coefficient (Wildman–Crippen LogP) is 9.09. The Morgan fingerprint density at radius 2 is 1.19 bits per heavy atom. The summed E-state index contributed by atoms with van der Waals surface area (Å²) in [6.07, 6.45) is 6.55. The third-order valence-electron chi connectivity index (χ3n) is 13.6. The van der Waals surface area contributed by atoms with Crippen LogP contribution in [-0.4, -0.2) is 30.8 Å². The largest absolute Gasteiger partial charge is 0.312 e. The van der Waals surface area contributed by atoms with Gasteiger partial charge in [0.25, 0.3) is 0 Å². The SMILES string of the molecule is c1ccc(-n2c3c(c4ccccc42)-c2cccc4c2C3c2cc(-c3ncccn3)cc3c2B4c2cccc4c2C3Cc2c-4c3ncccc3n2-c2ccccc2)cc1. The molecule has 10 aromatic rings. The Kier molecular flexibility index (Phi) is 5.94. The molecule has 0 saturated carbocycles. The molecule has 4 aromatic heterocycles. The van der Waals surface area contributed by atoms with Gasteiger partial charge in [0, 0.05) is 75.3 Å². The zero-order valence-electron chi connectivity index (χ0n) is 31.3. The van der Waals surface area contributed by atoms with Crippen molar-refractivity contribution in [2.75, 3.05) is 0 Å². The quantitative estimate of drug-likeness (QED) is 0.170. The van der Waals surface area contributed by atoms with Crippen LogP contribution in [0.15, 0.2) is 170 Å². The van der Waals surface area contributed by atoms with Crippen LogP contribution in [0, 0.1) is 0 Å². The Labute approximate surface area is 335 Å². The van der Waals surface area contributed by atoms with Gasteiger partial charge in [0.2, 0.25) is 6.71 Å². The second-order valence-corrected chi connectivity index (χ2v) is 16.2. The highest BCUT2D eigenvalue weighted by molar-refractivity contribution is 6.97. The third kappa shape index (κ3) is 3.80. The Morgan fingerprint density at radius 3 is 1.98 bits per heavy atom. The maximum atomic E-state index is 5.10. The van der Waals surface area contributed by atoms with Crippen molar-refractivity contribution in [1.29, 1.82) is 0 Å². The van der Waals surface area contributed by atoms with E-state index in [4.69, 9.17) is 15.0 Å². The first kappa shape index (κ1) is 30.9. The summed E-state index contributed by atoms with van der Waals surface area (Å²) in [7, 11) is 0. The molecular formula is C52H32BN5.